The fraction of sp³-hybridized carbons (Fsp3) is 0.545. The number of nitrogens with one attached hydrogen (secondary N) is 1. The van der Waals surface area contributed by atoms with Gasteiger partial charge in [0.15, 0.2) is 0 Å². The first-order valence-electron chi connectivity index (χ1n) is 5.21. The molecule has 0 radical (unpaired) electrons. The minimum Gasteiger partial charge on any atom is -0.370 e. The van der Waals surface area contributed by atoms with E-state index in [2.05, 4.69) is 19.2 Å². The number of carbonyl (C=O) groups is 1. The Morgan fingerprint density at radius 2 is 2.40 bits per heavy atom. The monoisotopic (exact) mass is 224 g/mol. The van der Waals surface area contributed by atoms with Crippen LogP contribution in [-0.2, 0) is 4.79 Å². The van der Waals surface area contributed by atoms with Crippen LogP contribution in [-0.4, -0.2) is 18.5 Å². The molecule has 1 aliphatic heterocycles. The van der Waals surface area contributed by atoms with Gasteiger partial charge in [0.2, 0.25) is 5.91 Å². The van der Waals surface area contributed by atoms with Gasteiger partial charge >= 0.3 is 0 Å². The molecule has 1 aromatic rings. The van der Waals surface area contributed by atoms with Crippen LogP contribution in [0.1, 0.15) is 20.8 Å². The van der Waals surface area contributed by atoms with E-state index < -0.39 is 0 Å². The van der Waals surface area contributed by atoms with Crippen LogP contribution in [0.3, 0.4) is 0 Å². The molecule has 15 heavy (non-hydrogen) atoms. The number of anilines is 2. The first kappa shape index (κ1) is 10.5. The van der Waals surface area contributed by atoms with Crippen LogP contribution in [0.5, 0.6) is 0 Å². The molecule has 1 aliphatic rings. The van der Waals surface area contributed by atoms with Gasteiger partial charge in [-0.25, -0.2) is 0 Å². The Morgan fingerprint density at radius 3 is 3.00 bits per heavy atom. The van der Waals surface area contributed by atoms with Crippen LogP contribution in [0, 0.1) is 5.92 Å². The van der Waals surface area contributed by atoms with Crippen molar-refractivity contribution >= 4 is 27.9 Å². The zero-order valence-electron chi connectivity index (χ0n) is 9.28. The molecular formula is C11H16N2OS. The van der Waals surface area contributed by atoms with E-state index in [-0.39, 0.29) is 5.91 Å². The molecule has 0 saturated heterocycles. The summed E-state index contributed by atoms with van der Waals surface area (Å²) >= 11 is 1.66. The van der Waals surface area contributed by atoms with Crippen molar-refractivity contribution < 1.29 is 4.79 Å². The first-order valence-corrected chi connectivity index (χ1v) is 6.09. The second-order valence-electron chi connectivity index (χ2n) is 4.26. The fourth-order valence-corrected chi connectivity index (χ4v) is 2.66. The Hall–Kier alpha value is -1.03. The number of nitrogens with zero attached hydrogens (tertiary/aromatic N) is 1. The van der Waals surface area contributed by atoms with E-state index in [9.17, 15) is 4.79 Å². The third kappa shape index (κ3) is 1.86. The standard InChI is InChI=1S/C11H16N2OS/c1-7(2)9-6-13(8(3)14)10-4-5-15-11(10)12-9/h4-5,7,9,12H,6H2,1-3H3. The third-order valence-corrected chi connectivity index (χ3v) is 3.65. The fourth-order valence-electron chi connectivity index (χ4n) is 1.81. The Morgan fingerprint density at radius 1 is 1.67 bits per heavy atom. The molecule has 2 heterocycles. The quantitative estimate of drug-likeness (QED) is 0.795. The molecule has 0 spiro atoms. The summed E-state index contributed by atoms with van der Waals surface area (Å²) in [5, 5.41) is 6.63. The predicted molar refractivity (Wildman–Crippen MR) is 64.6 cm³/mol. The number of fused-ring (bicyclic) bond motifs is 1. The molecule has 1 aromatic heterocycles. The highest BCUT2D eigenvalue weighted by atomic mass is 32.1. The van der Waals surface area contributed by atoms with Gasteiger partial charge in [-0.3, -0.25) is 4.79 Å². The van der Waals surface area contributed by atoms with Gasteiger partial charge in [0.05, 0.1) is 5.69 Å². The van der Waals surface area contributed by atoms with Gasteiger partial charge in [-0.15, -0.1) is 11.3 Å². The summed E-state index contributed by atoms with van der Waals surface area (Å²) in [5.74, 6) is 0.656. The summed E-state index contributed by atoms with van der Waals surface area (Å²) in [4.78, 5) is 13.4. The summed E-state index contributed by atoms with van der Waals surface area (Å²) < 4.78 is 0. The van der Waals surface area contributed by atoms with Crippen LogP contribution in [0.25, 0.3) is 0 Å². The number of carbonyl (C=O) groups excluding carboxylic acids is 1. The zero-order chi connectivity index (χ0) is 11.0. The summed E-state index contributed by atoms with van der Waals surface area (Å²) in [6.07, 6.45) is 0. The summed E-state index contributed by atoms with van der Waals surface area (Å²) in [7, 11) is 0. The van der Waals surface area contributed by atoms with E-state index in [1.165, 1.54) is 0 Å². The van der Waals surface area contributed by atoms with Gasteiger partial charge < -0.3 is 10.2 Å². The number of thiophene rings is 1. The molecule has 0 aliphatic carbocycles. The molecule has 1 atom stereocenters. The van der Waals surface area contributed by atoms with Crippen molar-refractivity contribution in [3.05, 3.63) is 11.4 Å². The molecule has 1 unspecified atom stereocenters. The van der Waals surface area contributed by atoms with Crippen molar-refractivity contribution in [2.24, 2.45) is 5.92 Å². The summed E-state index contributed by atoms with van der Waals surface area (Å²) in [6.45, 7) is 6.75. The highest BCUT2D eigenvalue weighted by molar-refractivity contribution is 7.15. The number of amides is 1. The third-order valence-electron chi connectivity index (χ3n) is 2.82. The van der Waals surface area contributed by atoms with Crippen LogP contribution in [0.4, 0.5) is 10.7 Å². The largest absolute Gasteiger partial charge is 0.370 e. The van der Waals surface area contributed by atoms with Crippen molar-refractivity contribution in [2.45, 2.75) is 26.8 Å². The lowest BCUT2D eigenvalue weighted by Crippen LogP contribution is -2.45. The Bertz CT molecular complexity index is 372. The molecule has 0 bridgehead atoms. The van der Waals surface area contributed by atoms with E-state index in [1.54, 1.807) is 18.3 Å². The summed E-state index contributed by atoms with van der Waals surface area (Å²) in [5.41, 5.74) is 1.03. The highest BCUT2D eigenvalue weighted by Gasteiger charge is 2.28. The van der Waals surface area contributed by atoms with E-state index in [4.69, 9.17) is 0 Å². The van der Waals surface area contributed by atoms with Gasteiger partial charge in [-0.1, -0.05) is 13.8 Å². The maximum Gasteiger partial charge on any atom is 0.224 e. The first-order chi connectivity index (χ1) is 7.09. The molecule has 0 saturated carbocycles. The van der Waals surface area contributed by atoms with Crippen molar-refractivity contribution in [3.8, 4) is 0 Å². The molecule has 1 N–H and O–H groups in total. The van der Waals surface area contributed by atoms with Crippen LogP contribution in [0.2, 0.25) is 0 Å². The van der Waals surface area contributed by atoms with Gasteiger partial charge in [-0.05, 0) is 17.4 Å². The average molecular weight is 224 g/mol. The highest BCUT2D eigenvalue weighted by Crippen LogP contribution is 2.37. The Labute approximate surface area is 94.1 Å². The molecule has 1 amide bonds. The molecule has 4 heteroatoms. The molecule has 3 nitrogen and oxygen atoms in total. The van der Waals surface area contributed by atoms with Crippen molar-refractivity contribution in [3.63, 3.8) is 0 Å². The van der Waals surface area contributed by atoms with E-state index in [0.717, 1.165) is 17.2 Å². The molecule has 82 valence electrons. The molecule has 0 aromatic carbocycles. The van der Waals surface area contributed by atoms with Crippen molar-refractivity contribution in [1.82, 2.24) is 0 Å². The van der Waals surface area contributed by atoms with E-state index in [1.807, 2.05) is 16.3 Å². The number of hydrogen-bond donors (Lipinski definition) is 1. The zero-order valence-corrected chi connectivity index (χ0v) is 10.1. The summed E-state index contributed by atoms with van der Waals surface area (Å²) in [6, 6.07) is 2.37. The minimum absolute atomic E-state index is 0.127. The van der Waals surface area contributed by atoms with Gasteiger partial charge in [-0.2, -0.15) is 0 Å². The van der Waals surface area contributed by atoms with Gasteiger partial charge in [0.25, 0.3) is 0 Å². The number of hydrogen-bond acceptors (Lipinski definition) is 3. The smallest absolute Gasteiger partial charge is 0.224 e. The topological polar surface area (TPSA) is 32.3 Å². The van der Waals surface area contributed by atoms with Gasteiger partial charge in [0, 0.05) is 19.5 Å². The molecular weight excluding hydrogens is 208 g/mol. The Kier molecular flexibility index (Phi) is 2.69. The maximum absolute atomic E-state index is 11.5. The lowest BCUT2D eigenvalue weighted by atomic mass is 10.0. The van der Waals surface area contributed by atoms with Gasteiger partial charge in [0.1, 0.15) is 5.00 Å². The van der Waals surface area contributed by atoms with E-state index >= 15 is 0 Å². The second-order valence-corrected chi connectivity index (χ2v) is 5.18. The maximum atomic E-state index is 11.5. The minimum atomic E-state index is 0.127. The SMILES string of the molecule is CC(=O)N1CC(C(C)C)Nc2sccc21. The van der Waals surface area contributed by atoms with Crippen LogP contribution < -0.4 is 10.2 Å². The van der Waals surface area contributed by atoms with Crippen molar-refractivity contribution in [1.29, 1.82) is 0 Å². The molecule has 0 fully saturated rings. The lowest BCUT2D eigenvalue weighted by molar-refractivity contribution is -0.116. The Balaban J connectivity index is 2.31. The number of rotatable bonds is 1. The van der Waals surface area contributed by atoms with Crippen molar-refractivity contribution in [2.75, 3.05) is 16.8 Å². The molecule has 2 rings (SSSR count). The lowest BCUT2D eigenvalue weighted by Gasteiger charge is -2.35. The van der Waals surface area contributed by atoms with Crippen LogP contribution >= 0.6 is 11.3 Å². The van der Waals surface area contributed by atoms with E-state index in [0.29, 0.717) is 12.0 Å². The second kappa shape index (κ2) is 3.85. The normalized spacial score (nSPS) is 20.0. The average Bonchev–Trinajstić information content (AvgIpc) is 2.62. The predicted octanol–water partition coefficient (Wildman–Crippen LogP) is 2.55. The van der Waals surface area contributed by atoms with Crippen LogP contribution in [0.15, 0.2) is 11.4 Å².